The third kappa shape index (κ3) is 25.8. The average Bonchev–Trinajstić information content (AvgIpc) is 2.75. The number of nitrogens with zero attached hydrogens (tertiary/aromatic N) is 1. The van der Waals surface area contributed by atoms with Crippen molar-refractivity contribution in [3.05, 3.63) is 0 Å². The first kappa shape index (κ1) is 32.8. The van der Waals surface area contributed by atoms with Crippen LogP contribution in [-0.4, -0.2) is 52.6 Å². The third-order valence-electron chi connectivity index (χ3n) is 5.04. The molecule has 0 saturated heterocycles. The van der Waals surface area contributed by atoms with Crippen LogP contribution < -0.4 is 22.5 Å². The molecule has 0 rings (SSSR count). The maximum absolute atomic E-state index is 11.4. The number of nitrogens with two attached hydrogens (primary N) is 3. The molecule has 0 aliphatic heterocycles. The Kier molecular flexibility index (Phi) is 22.7. The number of hydrogen-bond donors (Lipinski definition) is 6. The molecule has 0 aromatic carbocycles. The number of guanidine groups is 1. The molecule has 9 N–H and O–H groups in total. The van der Waals surface area contributed by atoms with Gasteiger partial charge in [0.25, 0.3) is 0 Å². The molecule has 0 aromatic rings. The van der Waals surface area contributed by atoms with Crippen molar-refractivity contribution < 1.29 is 24.6 Å². The van der Waals surface area contributed by atoms with Gasteiger partial charge in [-0.3, -0.25) is 19.4 Å². The number of unbranched alkanes of at least 4 members (excludes halogenated alkanes) is 10. The standard InChI is InChI=1S/C17H33NO3.C6H14N4O2/c1-3-4-5-6-7-8-9-10-11-12-13-14-16(19)18-15(2)17(20)21;7-4(5(11)12)2-1-3-10-6(8)9/h15H,3-14H2,1-2H3,(H,18,19)(H,20,21);4H,1-3,7H2,(H,11,12)(H4,8,9,10)/t;4-/m.0/s1. The van der Waals surface area contributed by atoms with E-state index in [1.165, 1.54) is 64.7 Å². The Bertz CT molecular complexity index is 553. The molecule has 0 saturated carbocycles. The quantitative estimate of drug-likeness (QED) is 0.0935. The Morgan fingerprint density at radius 2 is 1.30 bits per heavy atom. The highest BCUT2D eigenvalue weighted by Crippen LogP contribution is 2.11. The zero-order chi connectivity index (χ0) is 25.5. The summed E-state index contributed by atoms with van der Waals surface area (Å²) in [6.07, 6.45) is 15.1. The summed E-state index contributed by atoms with van der Waals surface area (Å²) in [5.41, 5.74) is 15.3. The van der Waals surface area contributed by atoms with E-state index in [4.69, 9.17) is 27.4 Å². The Morgan fingerprint density at radius 3 is 1.73 bits per heavy atom. The lowest BCUT2D eigenvalue weighted by atomic mass is 10.1. The summed E-state index contributed by atoms with van der Waals surface area (Å²) in [6.45, 7) is 4.15. The van der Waals surface area contributed by atoms with Gasteiger partial charge in [-0.25, -0.2) is 0 Å². The number of carbonyl (C=O) groups is 3. The van der Waals surface area contributed by atoms with Gasteiger partial charge < -0.3 is 32.7 Å². The van der Waals surface area contributed by atoms with Gasteiger partial charge in [-0.2, -0.15) is 0 Å². The van der Waals surface area contributed by atoms with Crippen molar-refractivity contribution in [2.75, 3.05) is 6.54 Å². The zero-order valence-corrected chi connectivity index (χ0v) is 20.6. The average molecular weight is 474 g/mol. The first-order valence-corrected chi connectivity index (χ1v) is 12.2. The number of carbonyl (C=O) groups excluding carboxylic acids is 1. The Balaban J connectivity index is 0. The van der Waals surface area contributed by atoms with Crippen molar-refractivity contribution in [1.29, 1.82) is 0 Å². The van der Waals surface area contributed by atoms with Crippen molar-refractivity contribution in [2.24, 2.45) is 22.2 Å². The highest BCUT2D eigenvalue weighted by molar-refractivity contribution is 5.83. The molecule has 194 valence electrons. The van der Waals surface area contributed by atoms with Gasteiger partial charge in [0.2, 0.25) is 5.91 Å². The summed E-state index contributed by atoms with van der Waals surface area (Å²) in [7, 11) is 0. The monoisotopic (exact) mass is 473 g/mol. The molecule has 0 fully saturated rings. The fourth-order valence-corrected chi connectivity index (χ4v) is 2.97. The van der Waals surface area contributed by atoms with E-state index in [-0.39, 0.29) is 11.9 Å². The largest absolute Gasteiger partial charge is 0.480 e. The van der Waals surface area contributed by atoms with E-state index in [9.17, 15) is 14.4 Å². The van der Waals surface area contributed by atoms with Crippen molar-refractivity contribution in [1.82, 2.24) is 5.32 Å². The van der Waals surface area contributed by atoms with Gasteiger partial charge in [-0.1, -0.05) is 71.1 Å². The van der Waals surface area contributed by atoms with Crippen LogP contribution >= 0.6 is 0 Å². The van der Waals surface area contributed by atoms with Crippen LogP contribution in [0.5, 0.6) is 0 Å². The number of aliphatic imine (C=N–C) groups is 1. The van der Waals surface area contributed by atoms with E-state index < -0.39 is 24.0 Å². The van der Waals surface area contributed by atoms with E-state index in [1.54, 1.807) is 0 Å². The number of hydrogen-bond acceptors (Lipinski definition) is 5. The van der Waals surface area contributed by atoms with Crippen LogP contribution in [0.2, 0.25) is 0 Å². The molecule has 0 spiro atoms. The molecule has 10 nitrogen and oxygen atoms in total. The minimum absolute atomic E-state index is 0.0129. The van der Waals surface area contributed by atoms with Gasteiger partial charge in [0.1, 0.15) is 12.1 Å². The zero-order valence-electron chi connectivity index (χ0n) is 20.6. The fraction of sp³-hybridized carbons (Fsp3) is 0.826. The van der Waals surface area contributed by atoms with Crippen LogP contribution in [0.15, 0.2) is 4.99 Å². The first-order valence-electron chi connectivity index (χ1n) is 12.2. The number of rotatable bonds is 19. The number of aliphatic carboxylic acids is 2. The summed E-state index contributed by atoms with van der Waals surface area (Å²) in [5.74, 6) is -2.12. The van der Waals surface area contributed by atoms with Crippen LogP contribution in [0.4, 0.5) is 0 Å². The minimum Gasteiger partial charge on any atom is -0.480 e. The van der Waals surface area contributed by atoms with Crippen LogP contribution in [-0.2, 0) is 14.4 Å². The molecule has 0 aliphatic carbocycles. The fourth-order valence-electron chi connectivity index (χ4n) is 2.97. The third-order valence-corrected chi connectivity index (χ3v) is 5.04. The summed E-state index contributed by atoms with van der Waals surface area (Å²) in [4.78, 5) is 35.9. The SMILES string of the molecule is CCCCCCCCCCCCCC(=O)NC(C)C(=O)O.NC(N)=NCCC[C@H](N)C(=O)O. The maximum atomic E-state index is 11.4. The summed E-state index contributed by atoms with van der Waals surface area (Å²) in [5, 5.41) is 19.5. The van der Waals surface area contributed by atoms with Gasteiger partial charge in [-0.15, -0.1) is 0 Å². The molecule has 33 heavy (non-hydrogen) atoms. The van der Waals surface area contributed by atoms with Crippen LogP contribution in [0.1, 0.15) is 104 Å². The predicted molar refractivity (Wildman–Crippen MR) is 132 cm³/mol. The Labute approximate surface area is 198 Å². The van der Waals surface area contributed by atoms with Gasteiger partial charge in [0.05, 0.1) is 0 Å². The summed E-state index contributed by atoms with van der Waals surface area (Å²) < 4.78 is 0. The van der Waals surface area contributed by atoms with Crippen LogP contribution in [0, 0.1) is 0 Å². The van der Waals surface area contributed by atoms with Crippen molar-refractivity contribution >= 4 is 23.8 Å². The van der Waals surface area contributed by atoms with E-state index in [2.05, 4.69) is 17.2 Å². The molecule has 0 heterocycles. The minimum atomic E-state index is -1.00. The number of carboxylic acid groups (broad SMARTS) is 2. The highest BCUT2D eigenvalue weighted by Gasteiger charge is 2.13. The van der Waals surface area contributed by atoms with E-state index >= 15 is 0 Å². The smallest absolute Gasteiger partial charge is 0.325 e. The second-order valence-electron chi connectivity index (χ2n) is 8.31. The Morgan fingerprint density at radius 1 is 0.818 bits per heavy atom. The molecule has 0 bridgehead atoms. The number of nitrogens with one attached hydrogen (secondary N) is 1. The van der Waals surface area contributed by atoms with E-state index in [0.29, 0.717) is 25.8 Å². The van der Waals surface area contributed by atoms with Crippen molar-refractivity contribution in [2.45, 2.75) is 116 Å². The number of amides is 1. The summed E-state index contributed by atoms with van der Waals surface area (Å²) in [6, 6.07) is -1.61. The second-order valence-corrected chi connectivity index (χ2v) is 8.31. The van der Waals surface area contributed by atoms with Gasteiger partial charge in [0.15, 0.2) is 5.96 Å². The van der Waals surface area contributed by atoms with E-state index in [0.717, 1.165) is 12.8 Å². The highest BCUT2D eigenvalue weighted by atomic mass is 16.4. The van der Waals surface area contributed by atoms with Crippen LogP contribution in [0.3, 0.4) is 0 Å². The topological polar surface area (TPSA) is 194 Å². The van der Waals surface area contributed by atoms with Gasteiger partial charge in [-0.05, 0) is 26.2 Å². The second kappa shape index (κ2) is 22.8. The first-order chi connectivity index (χ1) is 15.6. The molecule has 1 amide bonds. The molecular formula is C23H47N5O5. The van der Waals surface area contributed by atoms with Crippen molar-refractivity contribution in [3.63, 3.8) is 0 Å². The summed E-state index contributed by atoms with van der Waals surface area (Å²) >= 11 is 0. The van der Waals surface area contributed by atoms with Gasteiger partial charge >= 0.3 is 11.9 Å². The molecule has 2 atom stereocenters. The molecular weight excluding hydrogens is 426 g/mol. The van der Waals surface area contributed by atoms with Gasteiger partial charge in [0, 0.05) is 13.0 Å². The van der Waals surface area contributed by atoms with Crippen LogP contribution in [0.25, 0.3) is 0 Å². The molecule has 10 heteroatoms. The van der Waals surface area contributed by atoms with E-state index in [1.807, 2.05) is 0 Å². The molecule has 1 unspecified atom stereocenters. The molecule has 0 aromatic heterocycles. The predicted octanol–water partition coefficient (Wildman–Crippen LogP) is 2.73. The lowest BCUT2D eigenvalue weighted by Crippen LogP contribution is -2.38. The molecule has 0 aliphatic rings. The maximum Gasteiger partial charge on any atom is 0.325 e. The molecule has 0 radical (unpaired) electrons. The lowest BCUT2D eigenvalue weighted by Gasteiger charge is -2.08. The Hall–Kier alpha value is -2.36. The number of carboxylic acids is 2. The normalized spacial score (nSPS) is 12.1. The lowest BCUT2D eigenvalue weighted by molar-refractivity contribution is -0.141. The van der Waals surface area contributed by atoms with Crippen molar-refractivity contribution in [3.8, 4) is 0 Å².